The topological polar surface area (TPSA) is 17.1 Å². The summed E-state index contributed by atoms with van der Waals surface area (Å²) in [5, 5.41) is 0. The van der Waals surface area contributed by atoms with E-state index in [1.165, 1.54) is 24.8 Å². The molecule has 0 unspecified atom stereocenters. The molecule has 0 aliphatic heterocycles. The van der Waals surface area contributed by atoms with E-state index >= 15 is 0 Å². The van der Waals surface area contributed by atoms with Gasteiger partial charge in [0.05, 0.1) is 0 Å². The van der Waals surface area contributed by atoms with E-state index in [4.69, 9.17) is 0 Å². The monoisotopic (exact) mass is 218 g/mol. The fraction of sp³-hybridized carbons (Fsp3) is 0.800. The molecule has 88 valence electrons. The van der Waals surface area contributed by atoms with Crippen LogP contribution < -0.4 is 0 Å². The molecule has 3 aliphatic rings. The number of fused-ring (bicyclic) bond motifs is 5. The molecule has 16 heavy (non-hydrogen) atoms. The molecule has 0 aromatic rings. The van der Waals surface area contributed by atoms with E-state index in [1.807, 2.05) is 0 Å². The minimum atomic E-state index is 0.201. The van der Waals surface area contributed by atoms with E-state index in [0.29, 0.717) is 17.1 Å². The van der Waals surface area contributed by atoms with E-state index in [9.17, 15) is 4.79 Å². The highest BCUT2D eigenvalue weighted by molar-refractivity contribution is 5.83. The highest BCUT2D eigenvalue weighted by Crippen LogP contribution is 2.76. The van der Waals surface area contributed by atoms with E-state index in [-0.39, 0.29) is 10.8 Å². The zero-order chi connectivity index (χ0) is 11.8. The SMILES string of the molecule is C=C1CC[C@@]2(C)C[C@@H]1[C@]1(C)CC(=O)C[C@]21C. The van der Waals surface area contributed by atoms with Crippen LogP contribution in [0.15, 0.2) is 12.2 Å². The van der Waals surface area contributed by atoms with Crippen LogP contribution in [0.2, 0.25) is 0 Å². The summed E-state index contributed by atoms with van der Waals surface area (Å²) in [5.41, 5.74) is 2.21. The zero-order valence-electron chi connectivity index (χ0n) is 10.7. The lowest BCUT2D eigenvalue weighted by Gasteiger charge is -2.44. The van der Waals surface area contributed by atoms with Crippen molar-refractivity contribution in [3.05, 3.63) is 12.2 Å². The van der Waals surface area contributed by atoms with Crippen molar-refractivity contribution in [3.8, 4) is 0 Å². The van der Waals surface area contributed by atoms with Gasteiger partial charge in [-0.2, -0.15) is 0 Å². The Morgan fingerprint density at radius 1 is 1.25 bits per heavy atom. The van der Waals surface area contributed by atoms with Gasteiger partial charge < -0.3 is 0 Å². The maximum absolute atomic E-state index is 11.9. The van der Waals surface area contributed by atoms with Crippen molar-refractivity contribution in [2.75, 3.05) is 0 Å². The van der Waals surface area contributed by atoms with E-state index < -0.39 is 0 Å². The van der Waals surface area contributed by atoms with Crippen LogP contribution in [0.5, 0.6) is 0 Å². The van der Waals surface area contributed by atoms with Crippen molar-refractivity contribution in [2.45, 2.75) is 52.9 Å². The van der Waals surface area contributed by atoms with E-state index in [1.54, 1.807) is 0 Å². The molecule has 0 radical (unpaired) electrons. The summed E-state index contributed by atoms with van der Waals surface area (Å²) in [4.78, 5) is 11.9. The van der Waals surface area contributed by atoms with E-state index in [2.05, 4.69) is 27.4 Å². The number of allylic oxidation sites excluding steroid dienone is 1. The number of Topliss-reactive ketones (excluding diaryl/α,β-unsaturated/α-hetero) is 1. The molecular weight excluding hydrogens is 196 g/mol. The maximum Gasteiger partial charge on any atom is 0.134 e. The van der Waals surface area contributed by atoms with Crippen molar-refractivity contribution in [3.63, 3.8) is 0 Å². The first-order chi connectivity index (χ1) is 7.32. The van der Waals surface area contributed by atoms with Gasteiger partial charge in [-0.15, -0.1) is 0 Å². The Hall–Kier alpha value is -0.590. The summed E-state index contributed by atoms with van der Waals surface area (Å²) >= 11 is 0. The Labute approximate surface area is 98.3 Å². The first kappa shape index (κ1) is 10.6. The van der Waals surface area contributed by atoms with Crippen LogP contribution in [0.1, 0.15) is 52.9 Å². The lowest BCUT2D eigenvalue weighted by atomic mass is 9.59. The van der Waals surface area contributed by atoms with Crippen molar-refractivity contribution >= 4 is 5.78 Å². The van der Waals surface area contributed by atoms with Crippen LogP contribution in [0.3, 0.4) is 0 Å². The molecule has 3 saturated carbocycles. The van der Waals surface area contributed by atoms with Crippen molar-refractivity contribution in [2.24, 2.45) is 22.2 Å². The highest BCUT2D eigenvalue weighted by atomic mass is 16.1. The van der Waals surface area contributed by atoms with Crippen LogP contribution in [0, 0.1) is 22.2 Å². The number of hydrogen-bond donors (Lipinski definition) is 0. The van der Waals surface area contributed by atoms with Gasteiger partial charge in [0.25, 0.3) is 0 Å². The number of hydrogen-bond acceptors (Lipinski definition) is 1. The predicted molar refractivity (Wildman–Crippen MR) is 65.0 cm³/mol. The molecule has 0 spiro atoms. The molecule has 3 fully saturated rings. The summed E-state index contributed by atoms with van der Waals surface area (Å²) in [6.45, 7) is 11.4. The molecule has 0 aromatic carbocycles. The minimum absolute atomic E-state index is 0.201. The molecule has 0 heterocycles. The Kier molecular flexibility index (Phi) is 1.73. The van der Waals surface area contributed by atoms with Crippen LogP contribution in [-0.2, 0) is 4.79 Å². The lowest BCUT2D eigenvalue weighted by Crippen LogP contribution is -2.38. The average molecular weight is 218 g/mol. The second-order valence-corrected chi connectivity index (χ2v) is 7.12. The molecule has 1 heteroatoms. The fourth-order valence-corrected chi connectivity index (χ4v) is 5.16. The van der Waals surface area contributed by atoms with Gasteiger partial charge in [0.1, 0.15) is 5.78 Å². The summed E-state index contributed by atoms with van der Waals surface area (Å²) in [7, 11) is 0. The maximum atomic E-state index is 11.9. The third kappa shape index (κ3) is 0.881. The second kappa shape index (κ2) is 2.63. The lowest BCUT2D eigenvalue weighted by molar-refractivity contribution is -0.119. The molecule has 0 saturated heterocycles. The average Bonchev–Trinajstić information content (AvgIpc) is 2.49. The highest BCUT2D eigenvalue weighted by Gasteiger charge is 2.70. The quantitative estimate of drug-likeness (QED) is 0.566. The predicted octanol–water partition coefficient (Wildman–Crippen LogP) is 3.74. The molecule has 1 nitrogen and oxygen atoms in total. The van der Waals surface area contributed by atoms with Crippen molar-refractivity contribution in [1.82, 2.24) is 0 Å². The Morgan fingerprint density at radius 3 is 2.62 bits per heavy atom. The summed E-state index contributed by atoms with van der Waals surface area (Å²) in [6.07, 6.45) is 5.29. The summed E-state index contributed by atoms with van der Waals surface area (Å²) in [5.74, 6) is 1.08. The molecule has 3 rings (SSSR count). The van der Waals surface area contributed by atoms with Gasteiger partial charge in [-0.1, -0.05) is 32.9 Å². The normalized spacial score (nSPS) is 55.6. The smallest absolute Gasteiger partial charge is 0.134 e. The van der Waals surface area contributed by atoms with Gasteiger partial charge in [0, 0.05) is 12.8 Å². The third-order valence-corrected chi connectivity index (χ3v) is 6.62. The molecular formula is C15H22O. The van der Waals surface area contributed by atoms with Crippen LogP contribution in [0.4, 0.5) is 0 Å². The van der Waals surface area contributed by atoms with E-state index in [0.717, 1.165) is 12.8 Å². The second-order valence-electron chi connectivity index (χ2n) is 7.12. The number of ketones is 1. The first-order valence-corrected chi connectivity index (χ1v) is 6.52. The molecule has 0 aromatic heterocycles. The molecule has 4 atom stereocenters. The van der Waals surface area contributed by atoms with Crippen molar-refractivity contribution < 1.29 is 4.79 Å². The fourth-order valence-electron chi connectivity index (χ4n) is 5.16. The van der Waals surface area contributed by atoms with Gasteiger partial charge in [0.2, 0.25) is 0 Å². The Morgan fingerprint density at radius 2 is 1.94 bits per heavy atom. The van der Waals surface area contributed by atoms with Gasteiger partial charge in [0.15, 0.2) is 0 Å². The Balaban J connectivity index is 2.18. The minimum Gasteiger partial charge on any atom is -0.300 e. The largest absolute Gasteiger partial charge is 0.300 e. The van der Waals surface area contributed by atoms with Crippen LogP contribution in [-0.4, -0.2) is 5.78 Å². The standard InChI is InChI=1S/C15H22O/c1-10-5-6-13(2)9-12(10)14(3)7-11(16)8-15(13,14)4/h12H,1,5-9H2,2-4H3/t12-,13-,14-,15+/m0/s1. The van der Waals surface area contributed by atoms with Gasteiger partial charge in [-0.3, -0.25) is 4.79 Å². The van der Waals surface area contributed by atoms with Crippen LogP contribution in [0.25, 0.3) is 0 Å². The van der Waals surface area contributed by atoms with Crippen molar-refractivity contribution in [1.29, 1.82) is 0 Å². The first-order valence-electron chi connectivity index (χ1n) is 6.52. The Bertz CT molecular complexity index is 396. The number of carbonyl (C=O) groups is 1. The number of rotatable bonds is 0. The zero-order valence-corrected chi connectivity index (χ0v) is 10.7. The molecule has 3 aliphatic carbocycles. The molecule has 0 amide bonds. The summed E-state index contributed by atoms with van der Waals surface area (Å²) in [6, 6.07) is 0. The van der Waals surface area contributed by atoms with Gasteiger partial charge >= 0.3 is 0 Å². The molecule has 0 N–H and O–H groups in total. The van der Waals surface area contributed by atoms with Gasteiger partial charge in [-0.25, -0.2) is 0 Å². The summed E-state index contributed by atoms with van der Waals surface area (Å²) < 4.78 is 0. The van der Waals surface area contributed by atoms with Crippen LogP contribution >= 0.6 is 0 Å². The molecule has 2 bridgehead atoms. The number of carbonyl (C=O) groups excluding carboxylic acids is 1. The van der Waals surface area contributed by atoms with Gasteiger partial charge in [-0.05, 0) is 41.4 Å². The third-order valence-electron chi connectivity index (χ3n) is 6.62.